The molecular formula is C15H21N3O3. The van der Waals surface area contributed by atoms with Gasteiger partial charge < -0.3 is 19.9 Å². The quantitative estimate of drug-likeness (QED) is 0.850. The van der Waals surface area contributed by atoms with Gasteiger partial charge in [0.25, 0.3) is 0 Å². The number of anilines is 1. The van der Waals surface area contributed by atoms with Gasteiger partial charge in [-0.05, 0) is 19.1 Å². The summed E-state index contributed by atoms with van der Waals surface area (Å²) in [6, 6.07) is 7.24. The van der Waals surface area contributed by atoms with Gasteiger partial charge in [0.1, 0.15) is 5.75 Å². The van der Waals surface area contributed by atoms with Gasteiger partial charge in [0.05, 0.1) is 43.8 Å². The van der Waals surface area contributed by atoms with Gasteiger partial charge in [0.2, 0.25) is 5.88 Å². The number of para-hydroxylation sites is 2. The van der Waals surface area contributed by atoms with E-state index in [1.165, 1.54) is 0 Å². The van der Waals surface area contributed by atoms with Gasteiger partial charge in [-0.25, -0.2) is 4.68 Å². The monoisotopic (exact) mass is 291 g/mol. The lowest BCUT2D eigenvalue weighted by atomic mass is 10.1. The fourth-order valence-electron chi connectivity index (χ4n) is 2.46. The average Bonchev–Trinajstić information content (AvgIpc) is 2.78. The molecule has 0 spiro atoms. The fraction of sp³-hybridized carbons (Fsp3) is 0.400. The lowest BCUT2D eigenvalue weighted by molar-refractivity contribution is 0.271. The molecule has 0 saturated heterocycles. The number of nitrogens with one attached hydrogen (secondary N) is 1. The second kappa shape index (κ2) is 6.49. The summed E-state index contributed by atoms with van der Waals surface area (Å²) in [6.07, 6.45) is 0. The Labute approximate surface area is 124 Å². The lowest BCUT2D eigenvalue weighted by Gasteiger charge is -2.20. The Morgan fingerprint density at radius 3 is 2.62 bits per heavy atom. The van der Waals surface area contributed by atoms with E-state index in [2.05, 4.69) is 10.4 Å². The Balaban J connectivity index is 2.37. The van der Waals surface area contributed by atoms with Crippen LogP contribution in [-0.2, 0) is 7.05 Å². The Morgan fingerprint density at radius 2 is 2.00 bits per heavy atom. The smallest absolute Gasteiger partial charge is 0.216 e. The van der Waals surface area contributed by atoms with Crippen molar-refractivity contribution in [2.45, 2.75) is 13.0 Å². The van der Waals surface area contributed by atoms with Crippen molar-refractivity contribution in [3.63, 3.8) is 0 Å². The van der Waals surface area contributed by atoms with Crippen LogP contribution >= 0.6 is 0 Å². The normalized spacial score (nSPS) is 12.0. The summed E-state index contributed by atoms with van der Waals surface area (Å²) in [4.78, 5) is 0. The van der Waals surface area contributed by atoms with Crippen molar-refractivity contribution in [1.82, 2.24) is 9.78 Å². The number of ether oxygens (including phenoxy) is 2. The first kappa shape index (κ1) is 15.2. The van der Waals surface area contributed by atoms with Crippen LogP contribution < -0.4 is 14.8 Å². The molecule has 6 nitrogen and oxygen atoms in total. The second-order valence-corrected chi connectivity index (χ2v) is 4.71. The molecule has 0 saturated carbocycles. The first-order chi connectivity index (χ1) is 10.1. The van der Waals surface area contributed by atoms with Gasteiger partial charge in [0.15, 0.2) is 0 Å². The number of aliphatic hydroxyl groups is 1. The van der Waals surface area contributed by atoms with Gasteiger partial charge in [0, 0.05) is 7.05 Å². The van der Waals surface area contributed by atoms with Crippen molar-refractivity contribution in [1.29, 1.82) is 0 Å². The number of benzene rings is 1. The highest BCUT2D eigenvalue weighted by molar-refractivity contribution is 5.58. The molecule has 2 N–H and O–H groups in total. The summed E-state index contributed by atoms with van der Waals surface area (Å²) in [5.41, 5.74) is 2.47. The Morgan fingerprint density at radius 1 is 1.29 bits per heavy atom. The van der Waals surface area contributed by atoms with E-state index in [1.54, 1.807) is 18.9 Å². The van der Waals surface area contributed by atoms with Crippen LogP contribution in [0.4, 0.5) is 5.69 Å². The Kier molecular flexibility index (Phi) is 4.70. The molecule has 0 radical (unpaired) electrons. The van der Waals surface area contributed by atoms with Crippen molar-refractivity contribution in [2.75, 3.05) is 26.1 Å². The molecule has 1 aromatic heterocycles. The molecule has 0 aliphatic heterocycles. The third-order valence-electron chi connectivity index (χ3n) is 3.38. The number of hydrogen-bond acceptors (Lipinski definition) is 5. The zero-order valence-corrected chi connectivity index (χ0v) is 12.8. The summed E-state index contributed by atoms with van der Waals surface area (Å²) in [6.45, 7) is 1.81. The molecule has 1 atom stereocenters. The standard InChI is InChI=1S/C15H21N3O3/c1-10-14(15(21-4)18(2)17-10)12(9-19)16-11-7-5-6-8-13(11)20-3/h5-8,12,16,19H,9H2,1-4H3. The van der Waals surface area contributed by atoms with Crippen LogP contribution in [0.2, 0.25) is 0 Å². The predicted molar refractivity (Wildman–Crippen MR) is 80.9 cm³/mol. The molecule has 1 unspecified atom stereocenters. The molecule has 6 heteroatoms. The van der Waals surface area contributed by atoms with E-state index in [0.29, 0.717) is 5.88 Å². The second-order valence-electron chi connectivity index (χ2n) is 4.71. The maximum atomic E-state index is 9.76. The molecule has 0 bridgehead atoms. The van der Waals surface area contributed by atoms with Crippen molar-refractivity contribution in [3.8, 4) is 11.6 Å². The molecule has 21 heavy (non-hydrogen) atoms. The van der Waals surface area contributed by atoms with Gasteiger partial charge in [-0.2, -0.15) is 5.10 Å². The van der Waals surface area contributed by atoms with E-state index in [1.807, 2.05) is 38.2 Å². The van der Waals surface area contributed by atoms with Crippen LogP contribution in [0, 0.1) is 6.92 Å². The lowest BCUT2D eigenvalue weighted by Crippen LogP contribution is -2.17. The maximum absolute atomic E-state index is 9.76. The molecule has 1 aromatic carbocycles. The Hall–Kier alpha value is -2.21. The van der Waals surface area contributed by atoms with Crippen LogP contribution in [0.3, 0.4) is 0 Å². The van der Waals surface area contributed by atoms with Crippen LogP contribution in [0.1, 0.15) is 17.3 Å². The first-order valence-corrected chi connectivity index (χ1v) is 6.70. The minimum atomic E-state index is -0.329. The summed E-state index contributed by atoms with van der Waals surface area (Å²) in [5, 5.41) is 17.4. The van der Waals surface area contributed by atoms with Crippen molar-refractivity contribution >= 4 is 5.69 Å². The average molecular weight is 291 g/mol. The zero-order chi connectivity index (χ0) is 15.4. The molecule has 114 valence electrons. The van der Waals surface area contributed by atoms with Crippen molar-refractivity contribution < 1.29 is 14.6 Å². The summed E-state index contributed by atoms with van der Waals surface area (Å²) in [7, 11) is 5.02. The van der Waals surface area contributed by atoms with Crippen LogP contribution in [0.15, 0.2) is 24.3 Å². The zero-order valence-electron chi connectivity index (χ0n) is 12.8. The van der Waals surface area contributed by atoms with E-state index >= 15 is 0 Å². The maximum Gasteiger partial charge on any atom is 0.216 e. The largest absolute Gasteiger partial charge is 0.495 e. The predicted octanol–water partition coefficient (Wildman–Crippen LogP) is 1.89. The van der Waals surface area contributed by atoms with Crippen molar-refractivity contribution in [3.05, 3.63) is 35.5 Å². The molecule has 0 amide bonds. The highest BCUT2D eigenvalue weighted by Gasteiger charge is 2.23. The highest BCUT2D eigenvalue weighted by atomic mass is 16.5. The third kappa shape index (κ3) is 2.95. The molecule has 0 aliphatic carbocycles. The molecule has 2 aromatic rings. The summed E-state index contributed by atoms with van der Waals surface area (Å²) >= 11 is 0. The minimum Gasteiger partial charge on any atom is -0.495 e. The van der Waals surface area contributed by atoms with E-state index in [0.717, 1.165) is 22.7 Å². The van der Waals surface area contributed by atoms with E-state index < -0.39 is 0 Å². The van der Waals surface area contributed by atoms with Crippen LogP contribution in [-0.4, -0.2) is 35.7 Å². The highest BCUT2D eigenvalue weighted by Crippen LogP contribution is 2.33. The summed E-state index contributed by atoms with van der Waals surface area (Å²) in [5.74, 6) is 1.35. The Bertz CT molecular complexity index is 610. The van der Waals surface area contributed by atoms with Crippen LogP contribution in [0.5, 0.6) is 11.6 Å². The third-order valence-corrected chi connectivity index (χ3v) is 3.38. The van der Waals surface area contributed by atoms with Crippen LogP contribution in [0.25, 0.3) is 0 Å². The SMILES string of the molecule is COc1ccccc1NC(CO)c1c(C)nn(C)c1OC. The van der Waals surface area contributed by atoms with Gasteiger partial charge in [-0.1, -0.05) is 12.1 Å². The topological polar surface area (TPSA) is 68.5 Å². The van der Waals surface area contributed by atoms with E-state index in [9.17, 15) is 5.11 Å². The van der Waals surface area contributed by atoms with Gasteiger partial charge >= 0.3 is 0 Å². The number of hydrogen-bond donors (Lipinski definition) is 2. The molecular weight excluding hydrogens is 270 g/mol. The molecule has 2 rings (SSSR count). The van der Waals surface area contributed by atoms with Gasteiger partial charge in [-0.15, -0.1) is 0 Å². The fourth-order valence-corrected chi connectivity index (χ4v) is 2.46. The number of rotatable bonds is 6. The molecule has 0 aliphatic rings. The minimum absolute atomic E-state index is 0.0824. The van der Waals surface area contributed by atoms with Gasteiger partial charge in [-0.3, -0.25) is 0 Å². The molecule has 0 fully saturated rings. The number of aryl methyl sites for hydroxylation is 2. The van der Waals surface area contributed by atoms with Crippen molar-refractivity contribution in [2.24, 2.45) is 7.05 Å². The van der Waals surface area contributed by atoms with E-state index in [-0.39, 0.29) is 12.6 Å². The first-order valence-electron chi connectivity index (χ1n) is 6.70. The number of nitrogens with zero attached hydrogens (tertiary/aromatic N) is 2. The number of methoxy groups -OCH3 is 2. The summed E-state index contributed by atoms with van der Waals surface area (Å²) < 4.78 is 12.4. The van der Waals surface area contributed by atoms with E-state index in [4.69, 9.17) is 9.47 Å². The number of aromatic nitrogens is 2. The molecule has 1 heterocycles. The number of aliphatic hydroxyl groups excluding tert-OH is 1.